The van der Waals surface area contributed by atoms with Crippen molar-refractivity contribution in [1.29, 1.82) is 0 Å². The Morgan fingerprint density at radius 2 is 1.83 bits per heavy atom. The molecule has 2 aromatic heterocycles. The Morgan fingerprint density at radius 1 is 1.11 bits per heavy atom. The summed E-state index contributed by atoms with van der Waals surface area (Å²) in [4.78, 5) is 4.37. The van der Waals surface area contributed by atoms with E-state index in [1.807, 2.05) is 6.07 Å². The van der Waals surface area contributed by atoms with Crippen LogP contribution in [0.1, 0.15) is 0 Å². The fourth-order valence-corrected chi connectivity index (χ4v) is 2.26. The van der Waals surface area contributed by atoms with E-state index in [0.29, 0.717) is 27.2 Å². The van der Waals surface area contributed by atoms with Gasteiger partial charge in [0, 0.05) is 21.8 Å². The number of hydrogen-bond donors (Lipinski definition) is 1. The van der Waals surface area contributed by atoms with Gasteiger partial charge in [0.15, 0.2) is 11.5 Å². The Bertz CT molecular complexity index is 716. The highest BCUT2D eigenvalue weighted by molar-refractivity contribution is 6.35. The van der Waals surface area contributed by atoms with Gasteiger partial charge < -0.3 is 5.73 Å². The summed E-state index contributed by atoms with van der Waals surface area (Å²) in [6, 6.07) is 8.78. The minimum atomic E-state index is 0.539. The Hall–Kier alpha value is -1.78. The standard InChI is InChI=1S/C12H8Cl2N4/c13-8-4-7(5-9(14)6-8)11-16-12-10(15)2-1-3-18(12)17-11/h1-6H,15H2. The normalized spacial score (nSPS) is 11.0. The average Bonchev–Trinajstić information content (AvgIpc) is 2.73. The third-order valence-electron chi connectivity index (χ3n) is 2.51. The molecule has 0 spiro atoms. The van der Waals surface area contributed by atoms with Gasteiger partial charge in [0.1, 0.15) is 0 Å². The lowest BCUT2D eigenvalue weighted by atomic mass is 10.2. The number of pyridine rings is 1. The number of nitrogen functional groups attached to an aromatic ring is 1. The van der Waals surface area contributed by atoms with Gasteiger partial charge >= 0.3 is 0 Å². The number of nitrogens with zero attached hydrogens (tertiary/aromatic N) is 3. The highest BCUT2D eigenvalue weighted by Crippen LogP contribution is 2.26. The number of benzene rings is 1. The van der Waals surface area contributed by atoms with Crippen molar-refractivity contribution in [2.24, 2.45) is 0 Å². The van der Waals surface area contributed by atoms with Gasteiger partial charge in [-0.3, -0.25) is 0 Å². The lowest BCUT2D eigenvalue weighted by molar-refractivity contribution is 0.967. The Morgan fingerprint density at radius 3 is 2.50 bits per heavy atom. The first kappa shape index (κ1) is 11.3. The summed E-state index contributed by atoms with van der Waals surface area (Å²) in [5.41, 5.74) is 7.78. The number of rotatable bonds is 1. The molecule has 2 N–H and O–H groups in total. The van der Waals surface area contributed by atoms with E-state index < -0.39 is 0 Å². The predicted molar refractivity (Wildman–Crippen MR) is 72.9 cm³/mol. The second kappa shape index (κ2) is 4.15. The minimum Gasteiger partial charge on any atom is -0.396 e. The van der Waals surface area contributed by atoms with Crippen LogP contribution in [0.4, 0.5) is 5.69 Å². The topological polar surface area (TPSA) is 56.2 Å². The van der Waals surface area contributed by atoms with Crippen molar-refractivity contribution in [3.05, 3.63) is 46.6 Å². The van der Waals surface area contributed by atoms with Gasteiger partial charge in [-0.05, 0) is 30.3 Å². The summed E-state index contributed by atoms with van der Waals surface area (Å²) >= 11 is 11.9. The van der Waals surface area contributed by atoms with Crippen LogP contribution >= 0.6 is 23.2 Å². The molecule has 3 rings (SSSR count). The van der Waals surface area contributed by atoms with Crippen molar-refractivity contribution >= 4 is 34.5 Å². The first-order chi connectivity index (χ1) is 8.63. The van der Waals surface area contributed by atoms with E-state index in [4.69, 9.17) is 28.9 Å². The van der Waals surface area contributed by atoms with Crippen LogP contribution < -0.4 is 5.73 Å². The Kier molecular flexibility index (Phi) is 2.61. The largest absolute Gasteiger partial charge is 0.396 e. The molecule has 0 aliphatic heterocycles. The highest BCUT2D eigenvalue weighted by Gasteiger charge is 2.09. The molecule has 0 fully saturated rings. The molecule has 1 aromatic carbocycles. The lowest BCUT2D eigenvalue weighted by Crippen LogP contribution is -1.92. The molecule has 0 aliphatic rings. The molecule has 90 valence electrons. The van der Waals surface area contributed by atoms with E-state index >= 15 is 0 Å². The molecule has 0 bridgehead atoms. The summed E-state index contributed by atoms with van der Waals surface area (Å²) in [5, 5.41) is 5.43. The molecule has 0 amide bonds. The molecule has 0 saturated carbocycles. The van der Waals surface area contributed by atoms with E-state index in [1.165, 1.54) is 0 Å². The average molecular weight is 279 g/mol. The minimum absolute atomic E-state index is 0.539. The van der Waals surface area contributed by atoms with Crippen LogP contribution in [0.5, 0.6) is 0 Å². The molecule has 0 radical (unpaired) electrons. The lowest BCUT2D eigenvalue weighted by Gasteiger charge is -1.97. The third-order valence-corrected chi connectivity index (χ3v) is 2.95. The van der Waals surface area contributed by atoms with Gasteiger partial charge in [0.25, 0.3) is 0 Å². The molecular weight excluding hydrogens is 271 g/mol. The highest BCUT2D eigenvalue weighted by atomic mass is 35.5. The number of aromatic nitrogens is 3. The molecule has 0 aliphatic carbocycles. The molecule has 0 saturated heterocycles. The monoisotopic (exact) mass is 278 g/mol. The molecule has 18 heavy (non-hydrogen) atoms. The summed E-state index contributed by atoms with van der Waals surface area (Å²) in [6.45, 7) is 0. The van der Waals surface area contributed by atoms with Gasteiger partial charge in [-0.2, -0.15) is 0 Å². The van der Waals surface area contributed by atoms with Crippen LogP contribution in [0.25, 0.3) is 17.0 Å². The summed E-state index contributed by atoms with van der Waals surface area (Å²) in [7, 11) is 0. The van der Waals surface area contributed by atoms with Crippen molar-refractivity contribution in [3.63, 3.8) is 0 Å². The number of nitrogens with two attached hydrogens (primary N) is 1. The Balaban J connectivity index is 2.22. The fourth-order valence-electron chi connectivity index (χ4n) is 1.73. The van der Waals surface area contributed by atoms with Gasteiger partial charge in [-0.15, -0.1) is 5.10 Å². The van der Waals surface area contributed by atoms with E-state index in [0.717, 1.165) is 5.56 Å². The van der Waals surface area contributed by atoms with Crippen LogP contribution in [-0.4, -0.2) is 14.6 Å². The van der Waals surface area contributed by atoms with Gasteiger partial charge in [0.05, 0.1) is 5.69 Å². The SMILES string of the molecule is Nc1cccn2nc(-c3cc(Cl)cc(Cl)c3)nc12. The summed E-state index contributed by atoms with van der Waals surface area (Å²) < 4.78 is 1.62. The van der Waals surface area contributed by atoms with Crippen LogP contribution in [0.15, 0.2) is 36.5 Å². The third kappa shape index (κ3) is 1.89. The second-order valence-corrected chi connectivity index (χ2v) is 4.70. The van der Waals surface area contributed by atoms with Crippen molar-refractivity contribution in [2.75, 3.05) is 5.73 Å². The summed E-state index contributed by atoms with van der Waals surface area (Å²) in [6.07, 6.45) is 1.79. The summed E-state index contributed by atoms with van der Waals surface area (Å²) in [5.74, 6) is 0.539. The maximum absolute atomic E-state index is 5.96. The first-order valence-electron chi connectivity index (χ1n) is 5.21. The smallest absolute Gasteiger partial charge is 0.182 e. The Labute approximate surface area is 113 Å². The zero-order valence-electron chi connectivity index (χ0n) is 9.14. The van der Waals surface area contributed by atoms with Gasteiger partial charge in [0.2, 0.25) is 0 Å². The second-order valence-electron chi connectivity index (χ2n) is 3.83. The zero-order valence-corrected chi connectivity index (χ0v) is 10.7. The molecule has 0 atom stereocenters. The molecule has 4 nitrogen and oxygen atoms in total. The predicted octanol–water partition coefficient (Wildman–Crippen LogP) is 3.29. The molecule has 2 heterocycles. The number of anilines is 1. The molecule has 3 aromatic rings. The quantitative estimate of drug-likeness (QED) is 0.743. The first-order valence-corrected chi connectivity index (χ1v) is 5.96. The van der Waals surface area contributed by atoms with Crippen molar-refractivity contribution in [1.82, 2.24) is 14.6 Å². The van der Waals surface area contributed by atoms with Crippen molar-refractivity contribution < 1.29 is 0 Å². The number of fused-ring (bicyclic) bond motifs is 1. The maximum atomic E-state index is 5.96. The van der Waals surface area contributed by atoms with Crippen molar-refractivity contribution in [3.8, 4) is 11.4 Å². The van der Waals surface area contributed by atoms with E-state index in [1.54, 1.807) is 35.0 Å². The number of halogens is 2. The maximum Gasteiger partial charge on any atom is 0.182 e. The van der Waals surface area contributed by atoms with Crippen LogP contribution in [0, 0.1) is 0 Å². The van der Waals surface area contributed by atoms with Crippen LogP contribution in [0.2, 0.25) is 10.0 Å². The van der Waals surface area contributed by atoms with E-state index in [-0.39, 0.29) is 0 Å². The van der Waals surface area contributed by atoms with Crippen molar-refractivity contribution in [2.45, 2.75) is 0 Å². The van der Waals surface area contributed by atoms with Crippen LogP contribution in [-0.2, 0) is 0 Å². The van der Waals surface area contributed by atoms with Gasteiger partial charge in [-0.25, -0.2) is 9.50 Å². The van der Waals surface area contributed by atoms with Crippen LogP contribution in [0.3, 0.4) is 0 Å². The molecule has 6 heteroatoms. The molecular formula is C12H8Cl2N4. The van der Waals surface area contributed by atoms with E-state index in [2.05, 4.69) is 10.1 Å². The zero-order chi connectivity index (χ0) is 12.7. The number of hydrogen-bond acceptors (Lipinski definition) is 3. The molecule has 0 unspecified atom stereocenters. The van der Waals surface area contributed by atoms with Gasteiger partial charge in [-0.1, -0.05) is 23.2 Å². The fraction of sp³-hybridized carbons (Fsp3) is 0. The van der Waals surface area contributed by atoms with E-state index in [9.17, 15) is 0 Å².